The van der Waals surface area contributed by atoms with Crippen LogP contribution in [-0.2, 0) is 0 Å². The van der Waals surface area contributed by atoms with Gasteiger partial charge in [-0.25, -0.2) is 4.98 Å². The van der Waals surface area contributed by atoms with Gasteiger partial charge in [-0.3, -0.25) is 0 Å². The van der Waals surface area contributed by atoms with Crippen molar-refractivity contribution >= 4 is 40.7 Å². The Morgan fingerprint density at radius 2 is 1.91 bits per heavy atom. The molecule has 0 aliphatic carbocycles. The third-order valence-corrected chi connectivity index (χ3v) is 4.58. The smallest absolute Gasteiger partial charge is 0.158 e. The van der Waals surface area contributed by atoms with E-state index in [9.17, 15) is 5.26 Å². The average molecular weight is 327 g/mol. The summed E-state index contributed by atoms with van der Waals surface area (Å²) in [7, 11) is 0. The first-order valence-corrected chi connectivity index (χ1v) is 8.94. The number of hydrogen-bond donors (Lipinski definition) is 1. The van der Waals surface area contributed by atoms with Gasteiger partial charge < -0.3 is 5.32 Å². The van der Waals surface area contributed by atoms with Gasteiger partial charge >= 0.3 is 0 Å². The zero-order valence-electron chi connectivity index (χ0n) is 12.1. The second-order valence-electron chi connectivity index (χ2n) is 4.41. The van der Waals surface area contributed by atoms with Crippen LogP contribution in [0.3, 0.4) is 0 Å². The van der Waals surface area contributed by atoms with Gasteiger partial charge in [0.2, 0.25) is 0 Å². The topological polar surface area (TPSA) is 66.0 Å². The van der Waals surface area contributed by atoms with E-state index >= 15 is 0 Å². The van der Waals surface area contributed by atoms with Crippen molar-refractivity contribution in [2.45, 2.75) is 9.92 Å². The molecule has 0 spiro atoms. The number of anilines is 2. The van der Waals surface area contributed by atoms with Crippen LogP contribution in [0.2, 0.25) is 0 Å². The Bertz CT molecular complexity index is 849. The maximum Gasteiger partial charge on any atom is 0.158 e. The molecular formula is C15H13N5S2. The molecule has 1 N–H and O–H groups in total. The quantitative estimate of drug-likeness (QED) is 0.581. The molecule has 0 amide bonds. The molecule has 0 unspecified atom stereocenters. The van der Waals surface area contributed by atoms with Crippen LogP contribution in [-0.4, -0.2) is 27.1 Å². The maximum absolute atomic E-state index is 9.50. The first-order chi connectivity index (χ1) is 10.8. The monoisotopic (exact) mass is 327 g/mol. The van der Waals surface area contributed by atoms with Gasteiger partial charge in [0.15, 0.2) is 11.5 Å². The zero-order chi connectivity index (χ0) is 15.5. The van der Waals surface area contributed by atoms with E-state index in [4.69, 9.17) is 0 Å². The number of rotatable bonds is 4. The average Bonchev–Trinajstić information content (AvgIpc) is 3.03. The summed E-state index contributed by atoms with van der Waals surface area (Å²) < 4.78 is 1.65. The minimum atomic E-state index is 0.498. The van der Waals surface area contributed by atoms with Crippen molar-refractivity contribution in [2.24, 2.45) is 0 Å². The fourth-order valence-corrected chi connectivity index (χ4v) is 3.03. The molecule has 3 rings (SSSR count). The fraction of sp³-hybridized carbons (Fsp3) is 0.133. The van der Waals surface area contributed by atoms with Crippen molar-refractivity contribution in [1.82, 2.24) is 14.6 Å². The lowest BCUT2D eigenvalue weighted by molar-refractivity contribution is 0.916. The number of hydrogen-bond acceptors (Lipinski definition) is 6. The molecule has 1 aromatic carbocycles. The standard InChI is InChI=1S/C15H13N5S2/c1-21-11-5-3-10(4-6-11)18-14-12(9-16)15(22-2)19-13-7-8-17-20(13)14/h3-8,18H,1-2H3. The molecule has 2 heterocycles. The van der Waals surface area contributed by atoms with E-state index in [1.54, 1.807) is 22.5 Å². The van der Waals surface area contributed by atoms with Gasteiger partial charge in [0.1, 0.15) is 16.7 Å². The maximum atomic E-state index is 9.50. The molecule has 0 aliphatic heterocycles. The third kappa shape index (κ3) is 2.63. The highest BCUT2D eigenvalue weighted by Crippen LogP contribution is 2.28. The molecule has 0 saturated heterocycles. The van der Waals surface area contributed by atoms with Gasteiger partial charge in [0.25, 0.3) is 0 Å². The van der Waals surface area contributed by atoms with Crippen molar-refractivity contribution in [2.75, 3.05) is 17.8 Å². The summed E-state index contributed by atoms with van der Waals surface area (Å²) in [6.07, 6.45) is 5.62. The molecule has 7 heteroatoms. The highest BCUT2D eigenvalue weighted by molar-refractivity contribution is 7.98. The van der Waals surface area contributed by atoms with Crippen LogP contribution in [0.25, 0.3) is 5.65 Å². The Hall–Kier alpha value is -2.17. The SMILES string of the molecule is CSc1ccc(Nc2c(C#N)c(SC)nc3ccnn23)cc1. The Balaban J connectivity index is 2.11. The Morgan fingerprint density at radius 1 is 1.14 bits per heavy atom. The highest BCUT2D eigenvalue weighted by Gasteiger charge is 2.15. The van der Waals surface area contributed by atoms with E-state index in [1.807, 2.05) is 42.8 Å². The second-order valence-corrected chi connectivity index (χ2v) is 6.09. The molecule has 0 fully saturated rings. The van der Waals surface area contributed by atoms with Gasteiger partial charge in [-0.2, -0.15) is 14.9 Å². The van der Waals surface area contributed by atoms with Gasteiger partial charge in [-0.05, 0) is 36.8 Å². The van der Waals surface area contributed by atoms with E-state index in [0.717, 1.165) is 5.69 Å². The van der Waals surface area contributed by atoms with E-state index in [2.05, 4.69) is 21.5 Å². The number of nitrogens with one attached hydrogen (secondary N) is 1. The predicted molar refractivity (Wildman–Crippen MR) is 91.0 cm³/mol. The van der Waals surface area contributed by atoms with Crippen molar-refractivity contribution in [3.63, 3.8) is 0 Å². The summed E-state index contributed by atoms with van der Waals surface area (Å²) in [5, 5.41) is 17.7. The molecule has 0 aliphatic rings. The number of benzene rings is 1. The van der Waals surface area contributed by atoms with Gasteiger partial charge in [-0.15, -0.1) is 23.5 Å². The Kier molecular flexibility index (Phi) is 4.22. The molecule has 22 heavy (non-hydrogen) atoms. The van der Waals surface area contributed by atoms with Gasteiger partial charge in [0, 0.05) is 16.6 Å². The van der Waals surface area contributed by atoms with Crippen LogP contribution in [0.5, 0.6) is 0 Å². The number of aromatic nitrogens is 3. The van der Waals surface area contributed by atoms with Crippen LogP contribution in [0.1, 0.15) is 5.56 Å². The number of nitrogens with zero attached hydrogens (tertiary/aromatic N) is 4. The molecule has 5 nitrogen and oxygen atoms in total. The summed E-state index contributed by atoms with van der Waals surface area (Å²) in [4.78, 5) is 5.64. The van der Waals surface area contributed by atoms with Crippen molar-refractivity contribution < 1.29 is 0 Å². The van der Waals surface area contributed by atoms with Crippen LogP contribution >= 0.6 is 23.5 Å². The molecule has 3 aromatic rings. The number of fused-ring (bicyclic) bond motifs is 1. The van der Waals surface area contributed by atoms with Crippen LogP contribution in [0.15, 0.2) is 46.5 Å². The normalized spacial score (nSPS) is 10.6. The third-order valence-electron chi connectivity index (χ3n) is 3.16. The summed E-state index contributed by atoms with van der Waals surface area (Å²) in [5.41, 5.74) is 2.12. The lowest BCUT2D eigenvalue weighted by Crippen LogP contribution is -2.06. The molecular weight excluding hydrogens is 314 g/mol. The van der Waals surface area contributed by atoms with Crippen molar-refractivity contribution in [1.29, 1.82) is 5.26 Å². The molecule has 110 valence electrons. The predicted octanol–water partition coefficient (Wildman–Crippen LogP) is 3.79. The minimum Gasteiger partial charge on any atom is -0.339 e. The van der Waals surface area contributed by atoms with E-state index in [0.29, 0.717) is 22.1 Å². The number of thioether (sulfide) groups is 2. The highest BCUT2D eigenvalue weighted by atomic mass is 32.2. The second kappa shape index (κ2) is 6.30. The lowest BCUT2D eigenvalue weighted by Gasteiger charge is -2.12. The number of nitriles is 1. The first kappa shape index (κ1) is 14.8. The van der Waals surface area contributed by atoms with Crippen LogP contribution in [0, 0.1) is 11.3 Å². The molecule has 0 atom stereocenters. The Labute approximate surface area is 136 Å². The molecule has 0 radical (unpaired) electrons. The lowest BCUT2D eigenvalue weighted by atomic mass is 10.3. The molecule has 2 aromatic heterocycles. The Morgan fingerprint density at radius 3 is 2.55 bits per heavy atom. The van der Waals surface area contributed by atoms with Crippen LogP contribution < -0.4 is 5.32 Å². The van der Waals surface area contributed by atoms with Crippen molar-refractivity contribution in [3.8, 4) is 6.07 Å². The minimum absolute atomic E-state index is 0.498. The van der Waals surface area contributed by atoms with Gasteiger partial charge in [-0.1, -0.05) is 0 Å². The van der Waals surface area contributed by atoms with E-state index in [-0.39, 0.29) is 0 Å². The first-order valence-electron chi connectivity index (χ1n) is 6.49. The van der Waals surface area contributed by atoms with E-state index in [1.165, 1.54) is 16.7 Å². The summed E-state index contributed by atoms with van der Waals surface area (Å²) in [5.74, 6) is 0.638. The largest absolute Gasteiger partial charge is 0.339 e. The van der Waals surface area contributed by atoms with Crippen molar-refractivity contribution in [3.05, 3.63) is 42.1 Å². The zero-order valence-corrected chi connectivity index (χ0v) is 13.7. The van der Waals surface area contributed by atoms with Gasteiger partial charge in [0.05, 0.1) is 6.20 Å². The molecule has 0 bridgehead atoms. The van der Waals surface area contributed by atoms with E-state index < -0.39 is 0 Å². The summed E-state index contributed by atoms with van der Waals surface area (Å²) >= 11 is 3.14. The fourth-order valence-electron chi connectivity index (χ4n) is 2.10. The summed E-state index contributed by atoms with van der Waals surface area (Å²) in [6, 6.07) is 12.1. The molecule has 0 saturated carbocycles. The summed E-state index contributed by atoms with van der Waals surface area (Å²) in [6.45, 7) is 0. The van der Waals surface area contributed by atoms with Crippen LogP contribution in [0.4, 0.5) is 11.5 Å².